The van der Waals surface area contributed by atoms with Crippen molar-refractivity contribution in [2.45, 2.75) is 0 Å². The Morgan fingerprint density at radius 3 is 1.57 bits per heavy atom. The number of hydrogen-bond donors (Lipinski definition) is 2. The summed E-state index contributed by atoms with van der Waals surface area (Å²) < 4.78 is 0. The summed E-state index contributed by atoms with van der Waals surface area (Å²) >= 11 is 0. The molecule has 2 N–H and O–H groups in total. The minimum absolute atomic E-state index is 0. The minimum Gasteiger partial charge on any atom is -0.502 e. The topological polar surface area (TPSA) is 57.5 Å². The minimum atomic E-state index is -1.38. The van der Waals surface area contributed by atoms with Gasteiger partial charge >= 0.3 is 5.97 Å². The van der Waals surface area contributed by atoms with Crippen LogP contribution in [0.4, 0.5) is 0 Å². The van der Waals surface area contributed by atoms with Gasteiger partial charge in [-0.05, 0) is 6.58 Å². The van der Waals surface area contributed by atoms with Crippen molar-refractivity contribution in [1.82, 2.24) is 0 Å². The number of carbonyl (C=O) groups is 1. The molecule has 0 spiro atoms. The first kappa shape index (κ1) is 10.1. The van der Waals surface area contributed by atoms with Crippen LogP contribution in [0.15, 0.2) is 12.3 Å². The van der Waals surface area contributed by atoms with E-state index in [1.807, 2.05) is 0 Å². The quantitative estimate of drug-likeness (QED) is 0.279. The van der Waals surface area contributed by atoms with E-state index in [9.17, 15) is 4.79 Å². The average molecular weight is 111 g/mol. The van der Waals surface area contributed by atoms with Crippen LogP contribution in [0.25, 0.3) is 0 Å². The summed E-state index contributed by atoms with van der Waals surface area (Å²) in [5, 5.41) is 15.5. The number of rotatable bonds is 1. The molecule has 0 heterocycles. The zero-order valence-electron chi connectivity index (χ0n) is 4.01. The Balaban J connectivity index is 0. The van der Waals surface area contributed by atoms with Crippen molar-refractivity contribution in [3.8, 4) is 0 Å². The van der Waals surface area contributed by atoms with Crippen molar-refractivity contribution in [3.63, 3.8) is 0 Å². The Morgan fingerprint density at radius 1 is 1.43 bits per heavy atom. The summed E-state index contributed by atoms with van der Waals surface area (Å²) in [6.45, 7) is 2.71. The fourth-order valence-electron chi connectivity index (χ4n) is 0. The first-order valence-electron chi connectivity index (χ1n) is 1.25. The Hall–Kier alpha value is 0.0100. The molecule has 0 atom stereocenters. The third kappa shape index (κ3) is 6.01. The van der Waals surface area contributed by atoms with Gasteiger partial charge in [0.2, 0.25) is 0 Å². The van der Waals surface area contributed by atoms with Gasteiger partial charge in [-0.1, -0.05) is 0 Å². The molecule has 3 nitrogen and oxygen atoms in total. The van der Waals surface area contributed by atoms with Gasteiger partial charge in [0, 0.05) is 29.6 Å². The SMILES string of the molecule is C=C(O)C(=O)O.[Na]. The van der Waals surface area contributed by atoms with Crippen LogP contribution >= 0.6 is 0 Å². The van der Waals surface area contributed by atoms with Gasteiger partial charge in [-0.2, -0.15) is 0 Å². The van der Waals surface area contributed by atoms with E-state index in [1.54, 1.807) is 0 Å². The number of aliphatic hydroxyl groups is 1. The van der Waals surface area contributed by atoms with E-state index in [0.717, 1.165) is 0 Å². The van der Waals surface area contributed by atoms with Crippen molar-refractivity contribution < 1.29 is 15.0 Å². The van der Waals surface area contributed by atoms with Crippen molar-refractivity contribution in [2.75, 3.05) is 0 Å². The van der Waals surface area contributed by atoms with Gasteiger partial charge in [0.15, 0.2) is 5.76 Å². The Bertz CT molecular complexity index is 76.2. The molecule has 0 bridgehead atoms. The first-order valence-corrected chi connectivity index (χ1v) is 1.25. The Labute approximate surface area is 62.9 Å². The number of carboxylic acids is 1. The van der Waals surface area contributed by atoms with E-state index >= 15 is 0 Å². The maximum atomic E-state index is 9.35. The molecule has 4 heteroatoms. The van der Waals surface area contributed by atoms with E-state index in [1.165, 1.54) is 0 Å². The molecule has 0 aromatic rings. The third-order valence-corrected chi connectivity index (χ3v) is 0.247. The summed E-state index contributed by atoms with van der Waals surface area (Å²) in [4.78, 5) is 9.35. The molecule has 0 unspecified atom stereocenters. The van der Waals surface area contributed by atoms with Crippen LogP contribution in [0, 0.1) is 0 Å². The van der Waals surface area contributed by atoms with Gasteiger partial charge < -0.3 is 10.2 Å². The van der Waals surface area contributed by atoms with Crippen LogP contribution < -0.4 is 0 Å². The molecule has 35 valence electrons. The number of aliphatic hydroxyl groups excluding tert-OH is 1. The standard InChI is InChI=1S/C3H4O3.Na/c1-2(4)3(5)6;/h4H,1H2,(H,5,6);. The fourth-order valence-corrected chi connectivity index (χ4v) is 0. The summed E-state index contributed by atoms with van der Waals surface area (Å²) in [6, 6.07) is 0. The fraction of sp³-hybridized carbons (Fsp3) is 0. The van der Waals surface area contributed by atoms with E-state index in [-0.39, 0.29) is 29.6 Å². The number of aliphatic carboxylic acids is 1. The van der Waals surface area contributed by atoms with Crippen LogP contribution in [0.1, 0.15) is 0 Å². The summed E-state index contributed by atoms with van der Waals surface area (Å²) in [7, 11) is 0. The van der Waals surface area contributed by atoms with Gasteiger partial charge in [0.05, 0.1) is 0 Å². The molecule has 0 rings (SSSR count). The molecule has 0 saturated carbocycles. The van der Waals surface area contributed by atoms with Crippen LogP contribution in [0.3, 0.4) is 0 Å². The van der Waals surface area contributed by atoms with Gasteiger partial charge in [0.1, 0.15) is 0 Å². The summed E-state index contributed by atoms with van der Waals surface area (Å²) in [6.07, 6.45) is 0. The van der Waals surface area contributed by atoms with Crippen molar-refractivity contribution in [2.24, 2.45) is 0 Å². The molecule has 7 heavy (non-hydrogen) atoms. The van der Waals surface area contributed by atoms with E-state index in [4.69, 9.17) is 10.2 Å². The molecule has 0 fully saturated rings. The zero-order chi connectivity index (χ0) is 5.15. The second kappa shape index (κ2) is 4.18. The predicted molar refractivity (Wildman–Crippen MR) is 25.2 cm³/mol. The second-order valence-corrected chi connectivity index (χ2v) is 0.752. The number of hydrogen-bond acceptors (Lipinski definition) is 2. The normalized spacial score (nSPS) is 6.29. The molecule has 0 aliphatic heterocycles. The molecule has 0 amide bonds. The molecule has 1 radical (unpaired) electrons. The van der Waals surface area contributed by atoms with Crippen molar-refractivity contribution >= 4 is 35.5 Å². The second-order valence-electron chi connectivity index (χ2n) is 0.752. The average Bonchev–Trinajstić information content (AvgIpc) is 1.36. The molecule has 0 aliphatic carbocycles. The predicted octanol–water partition coefficient (Wildman–Crippen LogP) is -0.238. The molecule has 0 saturated heterocycles. The van der Waals surface area contributed by atoms with E-state index in [2.05, 4.69) is 6.58 Å². The monoisotopic (exact) mass is 111 g/mol. The maximum absolute atomic E-state index is 9.35. The number of carboxylic acid groups (broad SMARTS) is 1. The van der Waals surface area contributed by atoms with Gasteiger partial charge in [-0.15, -0.1) is 0 Å². The van der Waals surface area contributed by atoms with Crippen LogP contribution in [-0.2, 0) is 4.79 Å². The van der Waals surface area contributed by atoms with E-state index < -0.39 is 11.7 Å². The molecule has 0 aliphatic rings. The molecular weight excluding hydrogens is 107 g/mol. The summed E-state index contributed by atoms with van der Waals surface area (Å²) in [5.74, 6) is -2.20. The summed E-state index contributed by atoms with van der Waals surface area (Å²) in [5.41, 5.74) is 0. The first-order chi connectivity index (χ1) is 2.64. The van der Waals surface area contributed by atoms with Crippen molar-refractivity contribution in [1.29, 1.82) is 0 Å². The molecule has 0 aromatic heterocycles. The zero-order valence-corrected chi connectivity index (χ0v) is 6.01. The van der Waals surface area contributed by atoms with Gasteiger partial charge in [-0.3, -0.25) is 0 Å². The van der Waals surface area contributed by atoms with Gasteiger partial charge in [0.25, 0.3) is 0 Å². The van der Waals surface area contributed by atoms with Crippen LogP contribution in [0.5, 0.6) is 0 Å². The smallest absolute Gasteiger partial charge is 0.370 e. The third-order valence-electron chi connectivity index (χ3n) is 0.247. The molecule has 0 aromatic carbocycles. The van der Waals surface area contributed by atoms with E-state index in [0.29, 0.717) is 0 Å². The van der Waals surface area contributed by atoms with Gasteiger partial charge in [-0.25, -0.2) is 4.79 Å². The Kier molecular flexibility index (Phi) is 6.02. The Morgan fingerprint density at radius 2 is 1.57 bits per heavy atom. The molecular formula is C3H4NaO3. The van der Waals surface area contributed by atoms with Crippen LogP contribution in [0.2, 0.25) is 0 Å². The van der Waals surface area contributed by atoms with Crippen molar-refractivity contribution in [3.05, 3.63) is 12.3 Å². The largest absolute Gasteiger partial charge is 0.502 e. The van der Waals surface area contributed by atoms with Crippen LogP contribution in [-0.4, -0.2) is 45.7 Å². The maximum Gasteiger partial charge on any atom is 0.370 e.